The SMILES string of the molecule is Cc1ccc(C2=CC(=C3C=C(c4ccc(C)cc4)CC(c4ccc(C)cc4)=C3)C=C(c3ccc(C)cc3)C2)cc1. The van der Waals surface area contributed by atoms with Crippen LogP contribution in [0.3, 0.4) is 0 Å². The third-order valence-corrected chi connectivity index (χ3v) is 8.10. The van der Waals surface area contributed by atoms with Gasteiger partial charge in [-0.1, -0.05) is 144 Å². The van der Waals surface area contributed by atoms with E-state index in [0.717, 1.165) is 12.8 Å². The van der Waals surface area contributed by atoms with Crippen molar-refractivity contribution < 1.29 is 0 Å². The molecule has 0 atom stereocenters. The zero-order valence-electron chi connectivity index (χ0n) is 24.0. The van der Waals surface area contributed by atoms with Gasteiger partial charge in [-0.2, -0.15) is 0 Å². The van der Waals surface area contributed by atoms with E-state index in [9.17, 15) is 0 Å². The summed E-state index contributed by atoms with van der Waals surface area (Å²) in [4.78, 5) is 0. The molecule has 4 aromatic rings. The van der Waals surface area contributed by atoms with Crippen LogP contribution < -0.4 is 0 Å². The van der Waals surface area contributed by atoms with Crippen molar-refractivity contribution in [2.24, 2.45) is 0 Å². The Morgan fingerprint density at radius 1 is 0.300 bits per heavy atom. The Kier molecular flexibility index (Phi) is 7.10. The lowest BCUT2D eigenvalue weighted by Gasteiger charge is -2.23. The number of hydrogen-bond acceptors (Lipinski definition) is 0. The first-order valence-corrected chi connectivity index (χ1v) is 14.3. The highest BCUT2D eigenvalue weighted by Gasteiger charge is 2.19. The molecular weight excluding hydrogens is 480 g/mol. The molecule has 0 fully saturated rings. The Hall–Kier alpha value is -4.42. The average molecular weight is 517 g/mol. The van der Waals surface area contributed by atoms with Crippen LogP contribution in [0.5, 0.6) is 0 Å². The topological polar surface area (TPSA) is 0 Å². The molecule has 6 rings (SSSR count). The molecule has 0 heterocycles. The van der Waals surface area contributed by atoms with Crippen molar-refractivity contribution in [3.8, 4) is 0 Å². The molecule has 196 valence electrons. The minimum Gasteiger partial charge on any atom is -0.0587 e. The van der Waals surface area contributed by atoms with Gasteiger partial charge < -0.3 is 0 Å². The molecule has 0 spiro atoms. The molecule has 40 heavy (non-hydrogen) atoms. The summed E-state index contributed by atoms with van der Waals surface area (Å²) in [7, 11) is 0. The maximum Gasteiger partial charge on any atom is -0.00135 e. The van der Waals surface area contributed by atoms with Crippen LogP contribution >= 0.6 is 0 Å². The molecule has 0 heteroatoms. The molecule has 0 aromatic heterocycles. The van der Waals surface area contributed by atoms with Crippen molar-refractivity contribution >= 4 is 22.3 Å². The van der Waals surface area contributed by atoms with Crippen molar-refractivity contribution in [1.29, 1.82) is 0 Å². The maximum atomic E-state index is 2.41. The Morgan fingerprint density at radius 3 is 0.700 bits per heavy atom. The molecular formula is C40H36. The Morgan fingerprint density at radius 2 is 0.500 bits per heavy atom. The average Bonchev–Trinajstić information content (AvgIpc) is 2.98. The van der Waals surface area contributed by atoms with Crippen LogP contribution in [-0.4, -0.2) is 0 Å². The van der Waals surface area contributed by atoms with Crippen LogP contribution in [0.25, 0.3) is 22.3 Å². The van der Waals surface area contributed by atoms with Crippen molar-refractivity contribution in [1.82, 2.24) is 0 Å². The number of hydrogen-bond donors (Lipinski definition) is 0. The third-order valence-electron chi connectivity index (χ3n) is 8.10. The van der Waals surface area contributed by atoms with E-state index in [2.05, 4.69) is 149 Å². The fourth-order valence-electron chi connectivity index (χ4n) is 5.59. The van der Waals surface area contributed by atoms with Gasteiger partial charge in [0.05, 0.1) is 0 Å². The van der Waals surface area contributed by atoms with Crippen molar-refractivity contribution in [3.63, 3.8) is 0 Å². The lowest BCUT2D eigenvalue weighted by Crippen LogP contribution is -2.01. The summed E-state index contributed by atoms with van der Waals surface area (Å²) in [5.74, 6) is 0. The quantitative estimate of drug-likeness (QED) is 0.253. The van der Waals surface area contributed by atoms with Crippen LogP contribution in [0.2, 0.25) is 0 Å². The Labute approximate surface area is 239 Å². The first kappa shape index (κ1) is 25.8. The molecule has 0 saturated heterocycles. The molecule has 0 unspecified atom stereocenters. The first-order valence-electron chi connectivity index (χ1n) is 14.3. The van der Waals surface area contributed by atoms with E-state index in [0.29, 0.717) is 0 Å². The van der Waals surface area contributed by atoms with Gasteiger partial charge >= 0.3 is 0 Å². The standard InChI is InChI=1S/C40H36/c1-27-5-13-31(14-6-27)35-21-36(32-15-7-28(2)8-16-32)24-39(23-35)40-25-37(33-17-9-29(3)10-18-33)22-38(26-40)34-19-11-30(4)12-20-34/h5-20,23-26H,21-22H2,1-4H3. The van der Waals surface area contributed by atoms with E-state index in [1.54, 1.807) is 0 Å². The van der Waals surface area contributed by atoms with Gasteiger partial charge in [-0.05, 0) is 96.2 Å². The van der Waals surface area contributed by atoms with Crippen molar-refractivity contribution in [2.75, 3.05) is 0 Å². The second-order valence-electron chi connectivity index (χ2n) is 11.4. The van der Waals surface area contributed by atoms with E-state index in [-0.39, 0.29) is 0 Å². The van der Waals surface area contributed by atoms with Crippen LogP contribution in [0.15, 0.2) is 133 Å². The van der Waals surface area contributed by atoms with E-state index in [1.807, 2.05) is 0 Å². The fraction of sp³-hybridized carbons (Fsp3) is 0.150. The molecule has 0 N–H and O–H groups in total. The Balaban J connectivity index is 1.54. The highest BCUT2D eigenvalue weighted by atomic mass is 14.2. The van der Waals surface area contributed by atoms with Crippen LogP contribution in [0, 0.1) is 27.7 Å². The smallest absolute Gasteiger partial charge is 0.00135 e. The molecule has 2 aliphatic carbocycles. The summed E-state index contributed by atoms with van der Waals surface area (Å²) in [6.45, 7) is 8.61. The summed E-state index contributed by atoms with van der Waals surface area (Å²) in [6, 6.07) is 35.9. The molecule has 4 aromatic carbocycles. The minimum atomic E-state index is 0.923. The second kappa shape index (κ2) is 11.0. The zero-order chi connectivity index (χ0) is 27.6. The number of aryl methyl sites for hydroxylation is 4. The normalized spacial score (nSPS) is 15.3. The second-order valence-corrected chi connectivity index (χ2v) is 11.4. The minimum absolute atomic E-state index is 0.923. The van der Waals surface area contributed by atoms with E-state index >= 15 is 0 Å². The highest BCUT2D eigenvalue weighted by molar-refractivity contribution is 5.91. The predicted molar refractivity (Wildman–Crippen MR) is 173 cm³/mol. The molecule has 0 bridgehead atoms. The number of allylic oxidation sites excluding steroid dienone is 10. The lowest BCUT2D eigenvalue weighted by atomic mass is 9.82. The summed E-state index contributed by atoms with van der Waals surface area (Å²) in [6.07, 6.45) is 11.5. The maximum absolute atomic E-state index is 2.41. The van der Waals surface area contributed by atoms with Gasteiger partial charge in [0.15, 0.2) is 0 Å². The van der Waals surface area contributed by atoms with Crippen LogP contribution in [0.4, 0.5) is 0 Å². The molecule has 0 radical (unpaired) electrons. The molecule has 0 aliphatic heterocycles. The van der Waals surface area contributed by atoms with E-state index in [4.69, 9.17) is 0 Å². The number of benzene rings is 4. The Bertz CT molecular complexity index is 1440. The fourth-order valence-corrected chi connectivity index (χ4v) is 5.59. The predicted octanol–water partition coefficient (Wildman–Crippen LogP) is 10.7. The monoisotopic (exact) mass is 516 g/mol. The summed E-state index contributed by atoms with van der Waals surface area (Å²) >= 11 is 0. The van der Waals surface area contributed by atoms with E-state index in [1.165, 1.54) is 77.9 Å². The zero-order valence-corrected chi connectivity index (χ0v) is 24.0. The van der Waals surface area contributed by atoms with Gasteiger partial charge in [-0.25, -0.2) is 0 Å². The van der Waals surface area contributed by atoms with Gasteiger partial charge in [0.1, 0.15) is 0 Å². The van der Waals surface area contributed by atoms with E-state index < -0.39 is 0 Å². The molecule has 2 aliphatic rings. The molecule has 0 saturated carbocycles. The summed E-state index contributed by atoms with van der Waals surface area (Å²) in [5, 5.41) is 0. The van der Waals surface area contributed by atoms with Gasteiger partial charge in [-0.15, -0.1) is 0 Å². The first-order chi connectivity index (χ1) is 19.4. The largest absolute Gasteiger partial charge is 0.0587 e. The number of rotatable bonds is 4. The van der Waals surface area contributed by atoms with Gasteiger partial charge in [0.25, 0.3) is 0 Å². The van der Waals surface area contributed by atoms with Crippen LogP contribution in [0.1, 0.15) is 57.3 Å². The summed E-state index contributed by atoms with van der Waals surface area (Å²) in [5.41, 5.74) is 18.3. The lowest BCUT2D eigenvalue weighted by molar-refractivity contribution is 1.30. The van der Waals surface area contributed by atoms with Gasteiger partial charge in [-0.3, -0.25) is 0 Å². The molecule has 0 nitrogen and oxygen atoms in total. The van der Waals surface area contributed by atoms with Gasteiger partial charge in [0.2, 0.25) is 0 Å². The highest BCUT2D eigenvalue weighted by Crippen LogP contribution is 2.40. The van der Waals surface area contributed by atoms with Crippen molar-refractivity contribution in [3.05, 3.63) is 177 Å². The van der Waals surface area contributed by atoms with Crippen LogP contribution in [-0.2, 0) is 0 Å². The van der Waals surface area contributed by atoms with Crippen molar-refractivity contribution in [2.45, 2.75) is 40.5 Å². The third kappa shape index (κ3) is 5.63. The summed E-state index contributed by atoms with van der Waals surface area (Å²) < 4.78 is 0. The molecule has 0 amide bonds. The van der Waals surface area contributed by atoms with Gasteiger partial charge in [0, 0.05) is 0 Å².